The van der Waals surface area contributed by atoms with Crippen molar-refractivity contribution in [1.82, 2.24) is 5.32 Å². The SMILES string of the molecule is Cc1ccc(CCNCC(C)C)cc1F. The topological polar surface area (TPSA) is 12.0 Å². The largest absolute Gasteiger partial charge is 0.316 e. The molecular formula is C13H20FN. The lowest BCUT2D eigenvalue weighted by atomic mass is 10.1. The van der Waals surface area contributed by atoms with Crippen molar-refractivity contribution in [3.05, 3.63) is 35.1 Å². The van der Waals surface area contributed by atoms with Crippen molar-refractivity contribution in [2.75, 3.05) is 13.1 Å². The lowest BCUT2D eigenvalue weighted by Gasteiger charge is -2.07. The van der Waals surface area contributed by atoms with Gasteiger partial charge in [-0.15, -0.1) is 0 Å². The van der Waals surface area contributed by atoms with Crippen LogP contribution in [0.15, 0.2) is 18.2 Å². The maximum Gasteiger partial charge on any atom is 0.126 e. The lowest BCUT2D eigenvalue weighted by molar-refractivity contribution is 0.553. The Morgan fingerprint density at radius 3 is 2.67 bits per heavy atom. The molecule has 1 aromatic carbocycles. The molecular weight excluding hydrogens is 189 g/mol. The zero-order valence-electron chi connectivity index (χ0n) is 9.81. The number of hydrogen-bond donors (Lipinski definition) is 1. The van der Waals surface area contributed by atoms with Crippen LogP contribution in [0.3, 0.4) is 0 Å². The summed E-state index contributed by atoms with van der Waals surface area (Å²) in [5.41, 5.74) is 1.78. The smallest absolute Gasteiger partial charge is 0.126 e. The Morgan fingerprint density at radius 2 is 2.07 bits per heavy atom. The second-order valence-corrected chi connectivity index (χ2v) is 4.43. The Bertz CT molecular complexity index is 307. The highest BCUT2D eigenvalue weighted by Crippen LogP contribution is 2.09. The van der Waals surface area contributed by atoms with E-state index in [2.05, 4.69) is 19.2 Å². The van der Waals surface area contributed by atoms with Gasteiger partial charge in [-0.25, -0.2) is 4.39 Å². The van der Waals surface area contributed by atoms with Crippen molar-refractivity contribution in [3.63, 3.8) is 0 Å². The van der Waals surface area contributed by atoms with Crippen LogP contribution in [0.25, 0.3) is 0 Å². The third-order valence-corrected chi connectivity index (χ3v) is 2.38. The molecule has 0 fully saturated rings. The summed E-state index contributed by atoms with van der Waals surface area (Å²) < 4.78 is 13.2. The minimum absolute atomic E-state index is 0.101. The summed E-state index contributed by atoms with van der Waals surface area (Å²) in [5.74, 6) is 0.566. The molecule has 1 rings (SSSR count). The van der Waals surface area contributed by atoms with Gasteiger partial charge in [-0.2, -0.15) is 0 Å². The average Bonchev–Trinajstić information content (AvgIpc) is 2.18. The second kappa shape index (κ2) is 5.86. The van der Waals surface area contributed by atoms with Crippen LogP contribution >= 0.6 is 0 Å². The summed E-state index contributed by atoms with van der Waals surface area (Å²) in [6.45, 7) is 8.09. The van der Waals surface area contributed by atoms with Crippen molar-refractivity contribution in [2.45, 2.75) is 27.2 Å². The number of rotatable bonds is 5. The van der Waals surface area contributed by atoms with Gasteiger partial charge in [0.15, 0.2) is 0 Å². The minimum atomic E-state index is -0.101. The fourth-order valence-corrected chi connectivity index (χ4v) is 1.42. The van der Waals surface area contributed by atoms with Gasteiger partial charge in [0.2, 0.25) is 0 Å². The first-order valence-electron chi connectivity index (χ1n) is 5.55. The molecule has 0 radical (unpaired) electrons. The molecule has 1 N–H and O–H groups in total. The van der Waals surface area contributed by atoms with Gasteiger partial charge in [-0.05, 0) is 49.5 Å². The predicted molar refractivity (Wildman–Crippen MR) is 62.5 cm³/mol. The van der Waals surface area contributed by atoms with E-state index in [4.69, 9.17) is 0 Å². The molecule has 2 heteroatoms. The van der Waals surface area contributed by atoms with Gasteiger partial charge in [0.05, 0.1) is 0 Å². The summed E-state index contributed by atoms with van der Waals surface area (Å²) in [7, 11) is 0. The van der Waals surface area contributed by atoms with Gasteiger partial charge in [-0.3, -0.25) is 0 Å². The van der Waals surface area contributed by atoms with Crippen molar-refractivity contribution in [1.29, 1.82) is 0 Å². The van der Waals surface area contributed by atoms with Crippen LogP contribution < -0.4 is 5.32 Å². The highest BCUT2D eigenvalue weighted by Gasteiger charge is 1.99. The monoisotopic (exact) mass is 209 g/mol. The lowest BCUT2D eigenvalue weighted by Crippen LogP contribution is -2.22. The van der Waals surface area contributed by atoms with Gasteiger partial charge >= 0.3 is 0 Å². The van der Waals surface area contributed by atoms with Crippen LogP contribution in [-0.2, 0) is 6.42 Å². The molecule has 1 aromatic rings. The maximum absolute atomic E-state index is 13.2. The molecule has 0 bridgehead atoms. The first-order valence-corrected chi connectivity index (χ1v) is 5.55. The number of aryl methyl sites for hydroxylation is 1. The van der Waals surface area contributed by atoms with E-state index >= 15 is 0 Å². The zero-order valence-corrected chi connectivity index (χ0v) is 9.81. The molecule has 15 heavy (non-hydrogen) atoms. The molecule has 0 spiro atoms. The maximum atomic E-state index is 13.2. The molecule has 0 heterocycles. The fraction of sp³-hybridized carbons (Fsp3) is 0.538. The van der Waals surface area contributed by atoms with Crippen LogP contribution in [0.1, 0.15) is 25.0 Å². The molecule has 0 aliphatic heterocycles. The molecule has 0 atom stereocenters. The van der Waals surface area contributed by atoms with Crippen LogP contribution in [-0.4, -0.2) is 13.1 Å². The summed E-state index contributed by atoms with van der Waals surface area (Å²) >= 11 is 0. The van der Waals surface area contributed by atoms with Crippen molar-refractivity contribution in [3.8, 4) is 0 Å². The number of hydrogen-bond acceptors (Lipinski definition) is 1. The Kier molecular flexibility index (Phi) is 4.76. The Labute approximate surface area is 91.7 Å². The van der Waals surface area contributed by atoms with Crippen LogP contribution in [0.2, 0.25) is 0 Å². The number of halogens is 1. The molecule has 0 aromatic heterocycles. The molecule has 0 aliphatic carbocycles. The number of benzene rings is 1. The van der Waals surface area contributed by atoms with E-state index in [0.29, 0.717) is 11.5 Å². The molecule has 0 saturated carbocycles. The van der Waals surface area contributed by atoms with Gasteiger partial charge in [0, 0.05) is 0 Å². The summed E-state index contributed by atoms with van der Waals surface area (Å²) in [6.07, 6.45) is 0.893. The van der Waals surface area contributed by atoms with Crippen LogP contribution in [0, 0.1) is 18.7 Å². The van der Waals surface area contributed by atoms with E-state index in [9.17, 15) is 4.39 Å². The van der Waals surface area contributed by atoms with E-state index in [1.54, 1.807) is 13.0 Å². The quantitative estimate of drug-likeness (QED) is 0.735. The third kappa shape index (κ3) is 4.43. The van der Waals surface area contributed by atoms with Crippen LogP contribution in [0.4, 0.5) is 4.39 Å². The van der Waals surface area contributed by atoms with E-state index in [0.717, 1.165) is 25.1 Å². The summed E-state index contributed by atoms with van der Waals surface area (Å²) in [6, 6.07) is 5.47. The number of nitrogens with one attached hydrogen (secondary N) is 1. The molecule has 0 amide bonds. The van der Waals surface area contributed by atoms with E-state index in [1.165, 1.54) is 0 Å². The minimum Gasteiger partial charge on any atom is -0.316 e. The summed E-state index contributed by atoms with van der Waals surface area (Å²) in [5, 5.41) is 3.34. The second-order valence-electron chi connectivity index (χ2n) is 4.43. The highest BCUT2D eigenvalue weighted by atomic mass is 19.1. The highest BCUT2D eigenvalue weighted by molar-refractivity contribution is 5.23. The average molecular weight is 209 g/mol. The Balaban J connectivity index is 2.35. The molecule has 84 valence electrons. The van der Waals surface area contributed by atoms with Crippen molar-refractivity contribution >= 4 is 0 Å². The Morgan fingerprint density at radius 1 is 1.33 bits per heavy atom. The summed E-state index contributed by atoms with van der Waals surface area (Å²) in [4.78, 5) is 0. The van der Waals surface area contributed by atoms with Gasteiger partial charge in [0.25, 0.3) is 0 Å². The van der Waals surface area contributed by atoms with Gasteiger partial charge < -0.3 is 5.32 Å². The molecule has 0 unspecified atom stereocenters. The van der Waals surface area contributed by atoms with E-state index in [-0.39, 0.29) is 5.82 Å². The first-order chi connectivity index (χ1) is 7.09. The molecule has 0 aliphatic rings. The third-order valence-electron chi connectivity index (χ3n) is 2.38. The van der Waals surface area contributed by atoms with Crippen LogP contribution in [0.5, 0.6) is 0 Å². The molecule has 0 saturated heterocycles. The fourth-order valence-electron chi connectivity index (χ4n) is 1.42. The van der Waals surface area contributed by atoms with Gasteiger partial charge in [-0.1, -0.05) is 26.0 Å². The zero-order chi connectivity index (χ0) is 11.3. The Hall–Kier alpha value is -0.890. The van der Waals surface area contributed by atoms with E-state index in [1.807, 2.05) is 12.1 Å². The van der Waals surface area contributed by atoms with Crippen molar-refractivity contribution < 1.29 is 4.39 Å². The van der Waals surface area contributed by atoms with Crippen molar-refractivity contribution in [2.24, 2.45) is 5.92 Å². The normalized spacial score (nSPS) is 11.0. The predicted octanol–water partition coefficient (Wildman–Crippen LogP) is 2.92. The van der Waals surface area contributed by atoms with Gasteiger partial charge in [0.1, 0.15) is 5.82 Å². The molecule has 1 nitrogen and oxygen atoms in total. The standard InChI is InChI=1S/C13H20FN/c1-10(2)9-15-7-6-12-5-4-11(3)13(14)8-12/h4-5,8,10,15H,6-7,9H2,1-3H3. The first kappa shape index (κ1) is 12.2. The van der Waals surface area contributed by atoms with E-state index < -0.39 is 0 Å².